The largest absolute Gasteiger partial charge is 0.480 e. The van der Waals surface area contributed by atoms with Gasteiger partial charge in [-0.25, -0.2) is 4.79 Å². The standard InChI is InChI=1S/C21H22N2O5/c24-20(12-14-5-3-9-17(11-14)23(27)28)22-19(21(25)26)13-16-8-4-7-15-6-1-2-10-18(15)16/h1-3,5-6,9-11,16,19H,4,7-8,12-13H2,(H,22,24)(H,25,26). The topological polar surface area (TPSA) is 110 Å². The number of hydrogen-bond donors (Lipinski definition) is 2. The number of carboxylic acid groups (broad SMARTS) is 1. The Kier molecular flexibility index (Phi) is 6.03. The van der Waals surface area contributed by atoms with E-state index < -0.39 is 22.8 Å². The van der Waals surface area contributed by atoms with Gasteiger partial charge in [0.1, 0.15) is 6.04 Å². The summed E-state index contributed by atoms with van der Waals surface area (Å²) in [6.07, 6.45) is 3.10. The van der Waals surface area contributed by atoms with Crippen LogP contribution in [0.25, 0.3) is 0 Å². The number of aliphatic carboxylic acids is 1. The summed E-state index contributed by atoms with van der Waals surface area (Å²) >= 11 is 0. The van der Waals surface area contributed by atoms with Crippen LogP contribution in [-0.2, 0) is 22.4 Å². The van der Waals surface area contributed by atoms with Crippen molar-refractivity contribution in [3.05, 3.63) is 75.3 Å². The maximum Gasteiger partial charge on any atom is 0.326 e. The molecule has 0 heterocycles. The molecule has 0 aliphatic heterocycles. The SMILES string of the molecule is O=C(Cc1cccc([N+](=O)[O-])c1)NC(CC1CCCc2ccccc21)C(=O)O. The normalized spacial score (nSPS) is 16.6. The molecule has 2 unspecified atom stereocenters. The molecule has 2 aromatic rings. The highest BCUT2D eigenvalue weighted by Crippen LogP contribution is 2.34. The van der Waals surface area contributed by atoms with E-state index in [1.807, 2.05) is 18.2 Å². The Labute approximate surface area is 162 Å². The number of non-ortho nitro benzene ring substituents is 1. The molecule has 1 aliphatic carbocycles. The first-order valence-electron chi connectivity index (χ1n) is 9.27. The summed E-state index contributed by atoms with van der Waals surface area (Å²) in [7, 11) is 0. The first kappa shape index (κ1) is 19.5. The number of nitrogens with one attached hydrogen (secondary N) is 1. The molecule has 1 amide bonds. The van der Waals surface area contributed by atoms with E-state index in [9.17, 15) is 24.8 Å². The number of carboxylic acids is 1. The Morgan fingerprint density at radius 3 is 2.75 bits per heavy atom. The molecule has 28 heavy (non-hydrogen) atoms. The van der Waals surface area contributed by atoms with Crippen molar-refractivity contribution in [3.63, 3.8) is 0 Å². The van der Waals surface area contributed by atoms with Crippen molar-refractivity contribution in [3.8, 4) is 0 Å². The molecule has 2 atom stereocenters. The molecular formula is C21H22N2O5. The summed E-state index contributed by atoms with van der Waals surface area (Å²) in [6.45, 7) is 0. The Morgan fingerprint density at radius 2 is 2.00 bits per heavy atom. The molecular weight excluding hydrogens is 360 g/mol. The predicted molar refractivity (Wildman–Crippen MR) is 103 cm³/mol. The van der Waals surface area contributed by atoms with Gasteiger partial charge < -0.3 is 10.4 Å². The Morgan fingerprint density at radius 1 is 1.21 bits per heavy atom. The fraction of sp³-hybridized carbons (Fsp3) is 0.333. The van der Waals surface area contributed by atoms with E-state index in [0.29, 0.717) is 12.0 Å². The Bertz CT molecular complexity index is 896. The van der Waals surface area contributed by atoms with Crippen molar-refractivity contribution in [2.24, 2.45) is 0 Å². The molecule has 3 rings (SSSR count). The van der Waals surface area contributed by atoms with Gasteiger partial charge in [-0.2, -0.15) is 0 Å². The van der Waals surface area contributed by atoms with Crippen molar-refractivity contribution in [1.29, 1.82) is 0 Å². The van der Waals surface area contributed by atoms with Gasteiger partial charge in [-0.1, -0.05) is 36.4 Å². The smallest absolute Gasteiger partial charge is 0.326 e. The van der Waals surface area contributed by atoms with Crippen LogP contribution in [0.2, 0.25) is 0 Å². The molecule has 0 radical (unpaired) electrons. The maximum atomic E-state index is 12.4. The van der Waals surface area contributed by atoms with E-state index in [1.165, 1.54) is 23.8 Å². The van der Waals surface area contributed by atoms with Crippen molar-refractivity contribution >= 4 is 17.6 Å². The van der Waals surface area contributed by atoms with Gasteiger partial charge in [0.25, 0.3) is 5.69 Å². The van der Waals surface area contributed by atoms with Gasteiger partial charge in [0.15, 0.2) is 0 Å². The molecule has 0 spiro atoms. The number of carbonyl (C=O) groups excluding carboxylic acids is 1. The lowest BCUT2D eigenvalue weighted by molar-refractivity contribution is -0.384. The zero-order valence-corrected chi connectivity index (χ0v) is 15.3. The highest BCUT2D eigenvalue weighted by molar-refractivity contribution is 5.85. The third-order valence-corrected chi connectivity index (χ3v) is 5.13. The molecule has 0 fully saturated rings. The van der Waals surface area contributed by atoms with Gasteiger partial charge in [0, 0.05) is 12.1 Å². The molecule has 0 saturated carbocycles. The number of benzene rings is 2. The number of aryl methyl sites for hydroxylation is 1. The van der Waals surface area contributed by atoms with Gasteiger partial charge in [0.05, 0.1) is 11.3 Å². The van der Waals surface area contributed by atoms with Gasteiger partial charge in [-0.05, 0) is 48.3 Å². The minimum absolute atomic E-state index is 0.0872. The molecule has 7 heteroatoms. The summed E-state index contributed by atoms with van der Waals surface area (Å²) in [5.41, 5.74) is 2.77. The van der Waals surface area contributed by atoms with Crippen molar-refractivity contribution < 1.29 is 19.6 Å². The van der Waals surface area contributed by atoms with Crippen molar-refractivity contribution in [2.75, 3.05) is 0 Å². The van der Waals surface area contributed by atoms with E-state index >= 15 is 0 Å². The van der Waals surface area contributed by atoms with Gasteiger partial charge in [-0.15, -0.1) is 0 Å². The molecule has 0 aromatic heterocycles. The lowest BCUT2D eigenvalue weighted by Crippen LogP contribution is -2.42. The average molecular weight is 382 g/mol. The molecule has 1 aliphatic rings. The van der Waals surface area contributed by atoms with Gasteiger partial charge in [-0.3, -0.25) is 14.9 Å². The highest BCUT2D eigenvalue weighted by atomic mass is 16.6. The van der Waals surface area contributed by atoms with E-state index in [4.69, 9.17) is 0 Å². The number of carbonyl (C=O) groups is 2. The molecule has 2 aromatic carbocycles. The van der Waals surface area contributed by atoms with Crippen LogP contribution in [0.15, 0.2) is 48.5 Å². The average Bonchev–Trinajstić information content (AvgIpc) is 2.67. The monoisotopic (exact) mass is 382 g/mol. The maximum absolute atomic E-state index is 12.4. The van der Waals surface area contributed by atoms with Crippen LogP contribution < -0.4 is 5.32 Å². The predicted octanol–water partition coefficient (Wildman–Crippen LogP) is 3.22. The minimum atomic E-state index is -1.07. The Hall–Kier alpha value is -3.22. The van der Waals surface area contributed by atoms with Crippen LogP contribution in [0.4, 0.5) is 5.69 Å². The second kappa shape index (κ2) is 8.65. The number of nitro groups is 1. The van der Waals surface area contributed by atoms with Crippen LogP contribution in [0.5, 0.6) is 0 Å². The number of rotatable bonds is 7. The Balaban J connectivity index is 1.67. The third kappa shape index (κ3) is 4.73. The lowest BCUT2D eigenvalue weighted by atomic mass is 9.79. The van der Waals surface area contributed by atoms with E-state index in [-0.39, 0.29) is 18.0 Å². The minimum Gasteiger partial charge on any atom is -0.480 e. The van der Waals surface area contributed by atoms with E-state index in [1.54, 1.807) is 6.07 Å². The third-order valence-electron chi connectivity index (χ3n) is 5.13. The van der Waals surface area contributed by atoms with Gasteiger partial charge in [0.2, 0.25) is 5.91 Å². The summed E-state index contributed by atoms with van der Waals surface area (Å²) < 4.78 is 0. The first-order valence-corrected chi connectivity index (χ1v) is 9.27. The van der Waals surface area contributed by atoms with E-state index in [0.717, 1.165) is 24.8 Å². The number of nitrogens with zero attached hydrogens (tertiary/aromatic N) is 1. The molecule has 0 saturated heterocycles. The zero-order valence-electron chi connectivity index (χ0n) is 15.3. The van der Waals surface area contributed by atoms with E-state index in [2.05, 4.69) is 11.4 Å². The summed E-state index contributed by atoms with van der Waals surface area (Å²) in [5.74, 6) is -1.45. The van der Waals surface area contributed by atoms with Crippen LogP contribution in [0, 0.1) is 10.1 Å². The lowest BCUT2D eigenvalue weighted by Gasteiger charge is -2.28. The fourth-order valence-corrected chi connectivity index (χ4v) is 3.82. The van der Waals surface area contributed by atoms with Crippen LogP contribution in [0.1, 0.15) is 41.9 Å². The molecule has 7 nitrogen and oxygen atoms in total. The highest BCUT2D eigenvalue weighted by Gasteiger charge is 2.28. The molecule has 2 N–H and O–H groups in total. The molecule has 0 bridgehead atoms. The number of hydrogen-bond acceptors (Lipinski definition) is 4. The fourth-order valence-electron chi connectivity index (χ4n) is 3.82. The summed E-state index contributed by atoms with van der Waals surface area (Å²) in [5, 5.41) is 23.0. The quantitative estimate of drug-likeness (QED) is 0.564. The van der Waals surface area contributed by atoms with Crippen LogP contribution in [0.3, 0.4) is 0 Å². The number of fused-ring (bicyclic) bond motifs is 1. The molecule has 146 valence electrons. The number of nitro benzene ring substituents is 1. The second-order valence-corrected chi connectivity index (χ2v) is 7.09. The summed E-state index contributed by atoms with van der Waals surface area (Å²) in [6, 6.07) is 12.8. The number of amides is 1. The first-order chi connectivity index (χ1) is 13.4. The summed E-state index contributed by atoms with van der Waals surface area (Å²) in [4.78, 5) is 34.4. The van der Waals surface area contributed by atoms with Crippen molar-refractivity contribution in [2.45, 2.75) is 44.1 Å². The second-order valence-electron chi connectivity index (χ2n) is 7.09. The zero-order chi connectivity index (χ0) is 20.1. The van der Waals surface area contributed by atoms with Crippen LogP contribution >= 0.6 is 0 Å². The van der Waals surface area contributed by atoms with Crippen LogP contribution in [-0.4, -0.2) is 27.9 Å². The van der Waals surface area contributed by atoms with Gasteiger partial charge >= 0.3 is 5.97 Å². The van der Waals surface area contributed by atoms with Crippen molar-refractivity contribution in [1.82, 2.24) is 5.32 Å².